The molecule has 0 radical (unpaired) electrons. The number of carboxylic acid groups (broad SMARTS) is 1. The average Bonchev–Trinajstić information content (AvgIpc) is 2.48. The summed E-state index contributed by atoms with van der Waals surface area (Å²) in [5.41, 5.74) is -0.577. The van der Waals surface area contributed by atoms with Gasteiger partial charge < -0.3 is 25.4 Å². The molecular weight excluding hydrogens is 342 g/mol. The summed E-state index contributed by atoms with van der Waals surface area (Å²) in [7, 11) is 0. The zero-order valence-corrected chi connectivity index (χ0v) is 16.1. The number of amides is 3. The van der Waals surface area contributed by atoms with Crippen molar-refractivity contribution < 1.29 is 29.0 Å². The minimum absolute atomic E-state index is 0.0744. The maximum absolute atomic E-state index is 12.2. The Morgan fingerprint density at radius 3 is 1.96 bits per heavy atom. The molecule has 3 amide bonds. The number of aliphatic carboxylic acids is 1. The molecule has 0 aromatic rings. The summed E-state index contributed by atoms with van der Waals surface area (Å²) in [5, 5.41) is 14.0. The standard InChI is InChI=1S/C17H31N3O6/c1-13(21)18-9-5-11-20(14(22)7-8-15(23)24)12-6-10-19-16(25)26-17(2,3)4/h5-12H2,1-4H3,(H,18,21)(H,19,25)(H,23,24). The Bertz CT molecular complexity index is 487. The Morgan fingerprint density at radius 2 is 1.50 bits per heavy atom. The van der Waals surface area contributed by atoms with Crippen LogP contribution in [-0.2, 0) is 19.1 Å². The molecule has 26 heavy (non-hydrogen) atoms. The summed E-state index contributed by atoms with van der Waals surface area (Å²) in [6, 6.07) is 0. The van der Waals surface area contributed by atoms with Crippen molar-refractivity contribution in [3.8, 4) is 0 Å². The van der Waals surface area contributed by atoms with E-state index >= 15 is 0 Å². The number of carbonyl (C=O) groups is 4. The van der Waals surface area contributed by atoms with Gasteiger partial charge >= 0.3 is 12.1 Å². The quantitative estimate of drug-likeness (QED) is 0.466. The van der Waals surface area contributed by atoms with Gasteiger partial charge in [0.15, 0.2) is 0 Å². The van der Waals surface area contributed by atoms with Crippen molar-refractivity contribution in [3.63, 3.8) is 0 Å². The van der Waals surface area contributed by atoms with E-state index in [4.69, 9.17) is 9.84 Å². The maximum Gasteiger partial charge on any atom is 0.407 e. The zero-order chi connectivity index (χ0) is 20.2. The lowest BCUT2D eigenvalue weighted by Crippen LogP contribution is -2.37. The van der Waals surface area contributed by atoms with Crippen LogP contribution in [0.1, 0.15) is 53.4 Å². The van der Waals surface area contributed by atoms with E-state index in [0.717, 1.165) is 0 Å². The summed E-state index contributed by atoms with van der Waals surface area (Å²) < 4.78 is 5.12. The van der Waals surface area contributed by atoms with Crippen molar-refractivity contribution >= 4 is 23.9 Å². The van der Waals surface area contributed by atoms with Crippen molar-refractivity contribution in [1.82, 2.24) is 15.5 Å². The Kier molecular flexibility index (Phi) is 11.0. The summed E-state index contributed by atoms with van der Waals surface area (Å²) in [4.78, 5) is 46.8. The van der Waals surface area contributed by atoms with Crippen molar-refractivity contribution in [3.05, 3.63) is 0 Å². The normalized spacial score (nSPS) is 10.8. The van der Waals surface area contributed by atoms with Crippen LogP contribution in [0.5, 0.6) is 0 Å². The van der Waals surface area contributed by atoms with Crippen LogP contribution >= 0.6 is 0 Å². The second kappa shape index (κ2) is 12.1. The van der Waals surface area contributed by atoms with E-state index in [1.165, 1.54) is 6.92 Å². The number of hydrogen-bond acceptors (Lipinski definition) is 5. The highest BCUT2D eigenvalue weighted by Gasteiger charge is 2.17. The fourth-order valence-corrected chi connectivity index (χ4v) is 2.04. The minimum Gasteiger partial charge on any atom is -0.481 e. The minimum atomic E-state index is -1.02. The van der Waals surface area contributed by atoms with Crippen LogP contribution in [0, 0.1) is 0 Å². The first kappa shape index (κ1) is 23.7. The van der Waals surface area contributed by atoms with Crippen LogP contribution in [0.15, 0.2) is 0 Å². The van der Waals surface area contributed by atoms with Crippen LogP contribution in [0.3, 0.4) is 0 Å². The van der Waals surface area contributed by atoms with Gasteiger partial charge in [0.1, 0.15) is 5.60 Å². The van der Waals surface area contributed by atoms with E-state index in [2.05, 4.69) is 10.6 Å². The van der Waals surface area contributed by atoms with Gasteiger partial charge in [-0.15, -0.1) is 0 Å². The SMILES string of the molecule is CC(=O)NCCCN(CCCNC(=O)OC(C)(C)C)C(=O)CCC(=O)O. The highest BCUT2D eigenvalue weighted by molar-refractivity contribution is 5.80. The Balaban J connectivity index is 4.32. The second-order valence-electron chi connectivity index (χ2n) is 6.89. The molecule has 0 aromatic heterocycles. The highest BCUT2D eigenvalue weighted by Crippen LogP contribution is 2.06. The van der Waals surface area contributed by atoms with E-state index in [1.54, 1.807) is 25.7 Å². The van der Waals surface area contributed by atoms with Crippen LogP contribution in [-0.4, -0.2) is 65.7 Å². The van der Waals surface area contributed by atoms with Crippen LogP contribution < -0.4 is 10.6 Å². The Morgan fingerprint density at radius 1 is 0.962 bits per heavy atom. The lowest BCUT2D eigenvalue weighted by molar-refractivity contribution is -0.141. The van der Waals surface area contributed by atoms with E-state index < -0.39 is 17.7 Å². The smallest absolute Gasteiger partial charge is 0.407 e. The fraction of sp³-hybridized carbons (Fsp3) is 0.765. The molecular formula is C17H31N3O6. The number of carbonyl (C=O) groups excluding carboxylic acids is 3. The molecule has 0 aliphatic carbocycles. The molecule has 0 fully saturated rings. The summed E-state index contributed by atoms with van der Waals surface area (Å²) >= 11 is 0. The number of alkyl carbamates (subject to hydrolysis) is 1. The molecule has 0 aliphatic heterocycles. The van der Waals surface area contributed by atoms with E-state index in [1.807, 2.05) is 0 Å². The average molecular weight is 373 g/mol. The van der Waals surface area contributed by atoms with Gasteiger partial charge in [-0.1, -0.05) is 0 Å². The molecule has 0 saturated carbocycles. The number of ether oxygens (including phenoxy) is 1. The molecule has 0 rings (SSSR count). The van der Waals surface area contributed by atoms with Gasteiger partial charge in [0.2, 0.25) is 11.8 Å². The first-order chi connectivity index (χ1) is 12.0. The lowest BCUT2D eigenvalue weighted by atomic mass is 10.2. The molecule has 9 heteroatoms. The topological polar surface area (TPSA) is 125 Å². The third kappa shape index (κ3) is 14.1. The highest BCUT2D eigenvalue weighted by atomic mass is 16.6. The summed E-state index contributed by atoms with van der Waals surface area (Å²) in [6.07, 6.45) is 0.259. The number of carboxylic acids is 1. The number of hydrogen-bond donors (Lipinski definition) is 3. The Hall–Kier alpha value is -2.32. The van der Waals surface area contributed by atoms with Crippen molar-refractivity contribution in [2.45, 2.75) is 59.0 Å². The third-order valence-electron chi connectivity index (χ3n) is 3.16. The first-order valence-corrected chi connectivity index (χ1v) is 8.72. The summed E-state index contributed by atoms with van der Waals surface area (Å²) in [5.74, 6) is -1.43. The molecule has 0 aliphatic rings. The molecule has 0 atom stereocenters. The number of nitrogens with one attached hydrogen (secondary N) is 2. The van der Waals surface area contributed by atoms with Crippen LogP contribution in [0.4, 0.5) is 4.79 Å². The monoisotopic (exact) mass is 373 g/mol. The molecule has 9 nitrogen and oxygen atoms in total. The molecule has 0 unspecified atom stereocenters. The van der Waals surface area contributed by atoms with Crippen molar-refractivity contribution in [2.24, 2.45) is 0 Å². The predicted octanol–water partition coefficient (Wildman–Crippen LogP) is 1.12. The molecule has 0 aromatic carbocycles. The summed E-state index contributed by atoms with van der Waals surface area (Å²) in [6.45, 7) is 8.29. The van der Waals surface area contributed by atoms with Gasteiger partial charge in [0, 0.05) is 39.5 Å². The second-order valence-corrected chi connectivity index (χ2v) is 6.89. The van der Waals surface area contributed by atoms with Crippen LogP contribution in [0.2, 0.25) is 0 Å². The zero-order valence-electron chi connectivity index (χ0n) is 16.1. The maximum atomic E-state index is 12.2. The first-order valence-electron chi connectivity index (χ1n) is 8.72. The van der Waals surface area contributed by atoms with E-state index in [-0.39, 0.29) is 24.7 Å². The van der Waals surface area contributed by atoms with Crippen molar-refractivity contribution in [2.75, 3.05) is 26.2 Å². The van der Waals surface area contributed by atoms with E-state index in [0.29, 0.717) is 39.0 Å². The molecule has 0 heterocycles. The lowest BCUT2D eigenvalue weighted by Gasteiger charge is -2.23. The predicted molar refractivity (Wildman–Crippen MR) is 95.6 cm³/mol. The fourth-order valence-electron chi connectivity index (χ4n) is 2.04. The molecule has 0 spiro atoms. The van der Waals surface area contributed by atoms with Crippen LogP contribution in [0.25, 0.3) is 0 Å². The number of nitrogens with zero attached hydrogens (tertiary/aromatic N) is 1. The largest absolute Gasteiger partial charge is 0.481 e. The van der Waals surface area contributed by atoms with Crippen molar-refractivity contribution in [1.29, 1.82) is 0 Å². The molecule has 3 N–H and O–H groups in total. The van der Waals surface area contributed by atoms with Gasteiger partial charge in [0.05, 0.1) is 6.42 Å². The van der Waals surface area contributed by atoms with E-state index in [9.17, 15) is 19.2 Å². The molecule has 0 saturated heterocycles. The molecule has 0 bridgehead atoms. The number of rotatable bonds is 11. The van der Waals surface area contributed by atoms with Gasteiger partial charge in [-0.3, -0.25) is 14.4 Å². The van der Waals surface area contributed by atoms with Gasteiger partial charge in [-0.2, -0.15) is 0 Å². The third-order valence-corrected chi connectivity index (χ3v) is 3.16. The van der Waals surface area contributed by atoms with Gasteiger partial charge in [-0.05, 0) is 33.6 Å². The Labute approximate surface area is 154 Å². The molecule has 150 valence electrons. The van der Waals surface area contributed by atoms with Gasteiger partial charge in [0.25, 0.3) is 0 Å². The van der Waals surface area contributed by atoms with Gasteiger partial charge in [-0.25, -0.2) is 4.79 Å².